The standard InChI is InChI=1S/H2O6S2/c1-6-8(4,5)7(2)3/h1H,(H,4,5). The molecular formula is H2O6S2. The molecule has 0 aliphatic rings. The van der Waals surface area contributed by atoms with Crippen molar-refractivity contribution in [1.29, 1.82) is 0 Å². The van der Waals surface area contributed by atoms with E-state index in [0.29, 0.717) is 0 Å². The predicted octanol–water partition coefficient (Wildman–Crippen LogP) is -1.06. The first-order valence-electron chi connectivity index (χ1n) is 1.20. The smallest absolute Gasteiger partial charge is 0.280 e. The Morgan fingerprint density at radius 3 is 1.88 bits per heavy atom. The summed E-state index contributed by atoms with van der Waals surface area (Å²) in [6.45, 7) is 0. The molecule has 0 fully saturated rings. The molecule has 1 atom stereocenters. The van der Waals surface area contributed by atoms with Gasteiger partial charge in [0, 0.05) is 0 Å². The summed E-state index contributed by atoms with van der Waals surface area (Å²) in [6, 6.07) is 0. The van der Waals surface area contributed by atoms with Crippen molar-refractivity contribution in [2.24, 2.45) is 0 Å². The molecule has 50 valence electrons. The van der Waals surface area contributed by atoms with Gasteiger partial charge in [-0.1, -0.05) is 0 Å². The van der Waals surface area contributed by atoms with Gasteiger partial charge in [-0.2, -0.15) is 12.6 Å². The van der Waals surface area contributed by atoms with Crippen LogP contribution in [0.2, 0.25) is 0 Å². The highest BCUT2D eigenvalue weighted by Crippen LogP contribution is 1.81. The van der Waals surface area contributed by atoms with Gasteiger partial charge in [0.05, 0.1) is 0 Å². The Bertz CT molecular complexity index is 251. The summed E-state index contributed by atoms with van der Waals surface area (Å²) < 4.78 is 39.1. The third kappa shape index (κ3) is 1.76. The van der Waals surface area contributed by atoms with E-state index in [2.05, 4.69) is 4.33 Å². The largest absolute Gasteiger partial charge is 0.343 e. The molecule has 6 nitrogen and oxygen atoms in total. The molecule has 0 bridgehead atoms. The number of hydrogen-bond acceptors (Lipinski definition) is 5. The molecule has 0 spiro atoms. The molecule has 8 heavy (non-hydrogen) atoms. The Hall–Kier alpha value is -0.150. The molecule has 0 aliphatic carbocycles. The Balaban J connectivity index is 5.31. The van der Waals surface area contributed by atoms with Crippen LogP contribution in [-0.4, -0.2) is 22.4 Å². The number of hydrogen-bond donors (Lipinski definition) is 2. The maximum atomic E-state index is 9.73. The molecule has 0 heterocycles. The summed E-state index contributed by atoms with van der Waals surface area (Å²) in [4.78, 5) is 0. The quantitative estimate of drug-likeness (QED) is 0.376. The summed E-state index contributed by atoms with van der Waals surface area (Å²) in [7, 11) is -7.83. The molecule has 1 unspecified atom stereocenters. The molecular weight excluding hydrogens is 160 g/mol. The highest BCUT2D eigenvalue weighted by atomic mass is 32.9. The van der Waals surface area contributed by atoms with Crippen LogP contribution in [0.4, 0.5) is 0 Å². The molecule has 0 saturated carbocycles. The lowest BCUT2D eigenvalue weighted by molar-refractivity contribution is -0.132. The van der Waals surface area contributed by atoms with Crippen LogP contribution in [0.5, 0.6) is 0 Å². The van der Waals surface area contributed by atoms with Crippen LogP contribution in [0.15, 0.2) is 0 Å². The molecule has 0 aromatic heterocycles. The van der Waals surface area contributed by atoms with E-state index in [0.717, 1.165) is 0 Å². The van der Waals surface area contributed by atoms with E-state index in [1.165, 1.54) is 0 Å². The lowest BCUT2D eigenvalue weighted by atomic mass is 15.0. The second-order valence-electron chi connectivity index (χ2n) is 0.706. The zero-order chi connectivity index (χ0) is 6.78. The highest BCUT2D eigenvalue weighted by molar-refractivity contribution is 8.32. The topological polar surface area (TPSA) is 101 Å². The van der Waals surface area contributed by atoms with E-state index in [1.54, 1.807) is 0 Å². The first-order chi connectivity index (χ1) is 3.50. The van der Waals surface area contributed by atoms with Crippen LogP contribution < -0.4 is 0 Å². The Kier molecular flexibility index (Phi) is 2.37. The van der Waals surface area contributed by atoms with Crippen molar-refractivity contribution in [3.05, 3.63) is 0 Å². The van der Waals surface area contributed by atoms with Crippen molar-refractivity contribution in [2.45, 2.75) is 0 Å². The molecule has 2 N–H and O–H groups in total. The molecule has 0 saturated heterocycles. The monoisotopic (exact) mass is 162 g/mol. The van der Waals surface area contributed by atoms with Crippen LogP contribution in [0.25, 0.3) is 0 Å². The van der Waals surface area contributed by atoms with Crippen LogP contribution >= 0.6 is 0 Å². The van der Waals surface area contributed by atoms with E-state index in [-0.39, 0.29) is 0 Å². The Morgan fingerprint density at radius 1 is 1.50 bits per heavy atom. The fourth-order valence-electron chi connectivity index (χ4n) is 0.0248. The molecule has 0 aromatic rings. The third-order valence-electron chi connectivity index (χ3n) is 0.266. The Morgan fingerprint density at radius 2 is 1.88 bits per heavy atom. The zero-order valence-corrected chi connectivity index (χ0v) is 4.98. The maximum Gasteiger partial charge on any atom is 0.343 e. The Labute approximate surface area is 45.9 Å². The molecule has 0 rings (SSSR count). The van der Waals surface area contributed by atoms with E-state index >= 15 is 0 Å². The van der Waals surface area contributed by atoms with Gasteiger partial charge in [-0.15, -0.1) is 4.33 Å². The van der Waals surface area contributed by atoms with Gasteiger partial charge in [0.15, 0.2) is 0 Å². The second kappa shape index (κ2) is 2.42. The van der Waals surface area contributed by atoms with Gasteiger partial charge in [-0.05, 0) is 0 Å². The lowest BCUT2D eigenvalue weighted by Crippen LogP contribution is -1.99. The third-order valence-corrected chi connectivity index (χ3v) is 2.01. The highest BCUT2D eigenvalue weighted by Gasteiger charge is 2.01. The van der Waals surface area contributed by atoms with E-state index in [1.807, 2.05) is 0 Å². The fraction of sp³-hybridized carbons (Fsp3) is 0. The SMILES string of the molecule is O=S(=O)=S(=O)(O)OO. The molecule has 8 heteroatoms. The molecule has 0 aromatic carbocycles. The van der Waals surface area contributed by atoms with Gasteiger partial charge in [0.2, 0.25) is 0 Å². The van der Waals surface area contributed by atoms with Crippen LogP contribution in [0.3, 0.4) is 0 Å². The van der Waals surface area contributed by atoms with Crippen molar-refractivity contribution in [2.75, 3.05) is 0 Å². The van der Waals surface area contributed by atoms with Gasteiger partial charge < -0.3 is 0 Å². The summed E-state index contributed by atoms with van der Waals surface area (Å²) in [6.07, 6.45) is 0. The van der Waals surface area contributed by atoms with Crippen molar-refractivity contribution in [3.8, 4) is 0 Å². The van der Waals surface area contributed by atoms with Crippen molar-refractivity contribution < 1.29 is 26.8 Å². The van der Waals surface area contributed by atoms with E-state index < -0.39 is 18.3 Å². The van der Waals surface area contributed by atoms with Crippen LogP contribution in [0, 0.1) is 0 Å². The molecule has 0 amide bonds. The van der Waals surface area contributed by atoms with Crippen molar-refractivity contribution in [1.82, 2.24) is 0 Å². The maximum absolute atomic E-state index is 9.73. The minimum absolute atomic E-state index is 2.67. The van der Waals surface area contributed by atoms with Crippen LogP contribution in [0.1, 0.15) is 0 Å². The molecule has 0 aliphatic heterocycles. The minimum atomic E-state index is -4.51. The predicted molar refractivity (Wildman–Crippen MR) is 23.4 cm³/mol. The van der Waals surface area contributed by atoms with Crippen molar-refractivity contribution >= 4 is 18.3 Å². The van der Waals surface area contributed by atoms with E-state index in [9.17, 15) is 12.6 Å². The first kappa shape index (κ1) is 7.85. The second-order valence-corrected chi connectivity index (χ2v) is 4.20. The summed E-state index contributed by atoms with van der Waals surface area (Å²) in [5.41, 5.74) is 0. The van der Waals surface area contributed by atoms with Gasteiger partial charge in [-0.3, -0.25) is 4.55 Å². The van der Waals surface area contributed by atoms with Gasteiger partial charge in [-0.25, -0.2) is 5.26 Å². The molecule has 0 radical (unpaired) electrons. The summed E-state index contributed by atoms with van der Waals surface area (Å²) in [5, 5.41) is 7.35. The minimum Gasteiger partial charge on any atom is -0.280 e. The lowest BCUT2D eigenvalue weighted by Gasteiger charge is -1.83. The van der Waals surface area contributed by atoms with Crippen molar-refractivity contribution in [3.63, 3.8) is 0 Å². The first-order valence-corrected chi connectivity index (χ1v) is 4.23. The average Bonchev–Trinajstić information content (AvgIpc) is 1.67. The normalized spacial score (nSPS) is 17.2. The number of rotatable bonds is 1. The van der Waals surface area contributed by atoms with Crippen LogP contribution in [-0.2, 0) is 22.7 Å². The average molecular weight is 162 g/mol. The van der Waals surface area contributed by atoms with Gasteiger partial charge >= 0.3 is 18.3 Å². The van der Waals surface area contributed by atoms with E-state index in [4.69, 9.17) is 9.81 Å². The van der Waals surface area contributed by atoms with Gasteiger partial charge in [0.1, 0.15) is 0 Å². The summed E-state index contributed by atoms with van der Waals surface area (Å²) in [5.74, 6) is 0. The summed E-state index contributed by atoms with van der Waals surface area (Å²) >= 11 is 0. The fourth-order valence-corrected chi connectivity index (χ4v) is 0.224. The zero-order valence-electron chi connectivity index (χ0n) is 3.34. The van der Waals surface area contributed by atoms with Gasteiger partial charge in [0.25, 0.3) is 0 Å².